The van der Waals surface area contributed by atoms with Gasteiger partial charge in [-0.2, -0.15) is 0 Å². The maximum atomic E-state index is 12.9. The van der Waals surface area contributed by atoms with Crippen molar-refractivity contribution in [2.45, 2.75) is 6.42 Å². The van der Waals surface area contributed by atoms with E-state index in [9.17, 15) is 9.18 Å². The molecule has 0 aliphatic rings. The van der Waals surface area contributed by atoms with Gasteiger partial charge in [-0.3, -0.25) is 4.79 Å². The molecule has 2 rings (SSSR count). The van der Waals surface area contributed by atoms with Gasteiger partial charge in [0, 0.05) is 22.8 Å². The number of amides is 1. The highest BCUT2D eigenvalue weighted by Crippen LogP contribution is 2.25. The zero-order valence-corrected chi connectivity index (χ0v) is 12.2. The molecular formula is C15H12Cl2FNO. The van der Waals surface area contributed by atoms with E-state index in [1.807, 2.05) is 0 Å². The Kier molecular flexibility index (Phi) is 4.63. The molecule has 0 heterocycles. The van der Waals surface area contributed by atoms with Crippen molar-refractivity contribution >= 4 is 34.8 Å². The monoisotopic (exact) mass is 311 g/mol. The van der Waals surface area contributed by atoms with Gasteiger partial charge in [0.1, 0.15) is 5.82 Å². The summed E-state index contributed by atoms with van der Waals surface area (Å²) in [6, 6.07) is 10.8. The molecule has 0 aliphatic carbocycles. The predicted molar refractivity (Wildman–Crippen MR) is 80.0 cm³/mol. The van der Waals surface area contributed by atoms with Crippen LogP contribution in [-0.2, 0) is 11.2 Å². The number of carbonyl (C=O) groups excluding carboxylic acids is 1. The molecule has 2 aromatic rings. The third-order valence-corrected chi connectivity index (χ3v) is 3.69. The number of hydrogen-bond acceptors (Lipinski definition) is 1. The van der Waals surface area contributed by atoms with Gasteiger partial charge in [-0.1, -0.05) is 29.3 Å². The molecule has 1 amide bonds. The molecule has 0 N–H and O–H groups in total. The van der Waals surface area contributed by atoms with Gasteiger partial charge in [-0.05, 0) is 42.0 Å². The minimum atomic E-state index is -0.344. The second-order valence-corrected chi connectivity index (χ2v) is 5.12. The van der Waals surface area contributed by atoms with E-state index in [4.69, 9.17) is 23.2 Å². The van der Waals surface area contributed by atoms with Gasteiger partial charge in [-0.25, -0.2) is 4.39 Å². The largest absolute Gasteiger partial charge is 0.315 e. The van der Waals surface area contributed by atoms with Gasteiger partial charge in [-0.15, -0.1) is 0 Å². The van der Waals surface area contributed by atoms with E-state index < -0.39 is 0 Å². The number of benzene rings is 2. The number of rotatable bonds is 3. The van der Waals surface area contributed by atoms with Gasteiger partial charge in [0.2, 0.25) is 5.91 Å². The lowest BCUT2D eigenvalue weighted by atomic mass is 10.1. The molecule has 0 saturated heterocycles. The fraction of sp³-hybridized carbons (Fsp3) is 0.133. The van der Waals surface area contributed by atoms with Crippen molar-refractivity contribution in [3.8, 4) is 0 Å². The summed E-state index contributed by atoms with van der Waals surface area (Å²) in [5.74, 6) is -0.518. The van der Waals surface area contributed by atoms with E-state index >= 15 is 0 Å². The summed E-state index contributed by atoms with van der Waals surface area (Å²) in [6.45, 7) is 0. The Balaban J connectivity index is 2.18. The Hall–Kier alpha value is -1.58. The van der Waals surface area contributed by atoms with Crippen LogP contribution in [0.25, 0.3) is 0 Å². The lowest BCUT2D eigenvalue weighted by Gasteiger charge is -2.18. The van der Waals surface area contributed by atoms with E-state index in [2.05, 4.69) is 0 Å². The summed E-state index contributed by atoms with van der Waals surface area (Å²) >= 11 is 12.1. The number of halogens is 3. The van der Waals surface area contributed by atoms with Crippen molar-refractivity contribution in [3.63, 3.8) is 0 Å². The van der Waals surface area contributed by atoms with Crippen LogP contribution in [0, 0.1) is 5.82 Å². The molecule has 0 aromatic heterocycles. The highest BCUT2D eigenvalue weighted by molar-refractivity contribution is 6.36. The minimum Gasteiger partial charge on any atom is -0.315 e. The van der Waals surface area contributed by atoms with Crippen molar-refractivity contribution < 1.29 is 9.18 Å². The van der Waals surface area contributed by atoms with Crippen LogP contribution in [0.5, 0.6) is 0 Å². The van der Waals surface area contributed by atoms with E-state index in [0.29, 0.717) is 21.3 Å². The molecule has 5 heteroatoms. The minimum absolute atomic E-state index is 0.0897. The summed E-state index contributed by atoms with van der Waals surface area (Å²) in [4.78, 5) is 13.7. The number of likely N-dealkylation sites (N-methyl/N-ethyl adjacent to an activating group) is 1. The maximum Gasteiger partial charge on any atom is 0.231 e. The van der Waals surface area contributed by atoms with Crippen molar-refractivity contribution in [3.05, 3.63) is 63.9 Å². The normalized spacial score (nSPS) is 10.4. The summed E-state index contributed by atoms with van der Waals surface area (Å²) in [7, 11) is 1.63. The van der Waals surface area contributed by atoms with Crippen molar-refractivity contribution in [2.75, 3.05) is 11.9 Å². The molecule has 0 saturated carbocycles. The van der Waals surface area contributed by atoms with E-state index in [1.165, 1.54) is 17.0 Å². The average molecular weight is 312 g/mol. The zero-order chi connectivity index (χ0) is 14.7. The Morgan fingerprint density at radius 3 is 2.20 bits per heavy atom. The lowest BCUT2D eigenvalue weighted by Crippen LogP contribution is -2.28. The molecule has 0 radical (unpaired) electrons. The van der Waals surface area contributed by atoms with Crippen molar-refractivity contribution in [2.24, 2.45) is 0 Å². The summed E-state index contributed by atoms with van der Waals surface area (Å²) in [5.41, 5.74) is 1.20. The summed E-state index contributed by atoms with van der Waals surface area (Å²) in [6.07, 6.45) is 0.0897. The smallest absolute Gasteiger partial charge is 0.231 e. The van der Waals surface area contributed by atoms with Gasteiger partial charge < -0.3 is 4.90 Å². The SMILES string of the molecule is CN(C(=O)Cc1c(Cl)cccc1Cl)c1ccc(F)cc1. The number of carbonyl (C=O) groups is 1. The number of nitrogens with zero attached hydrogens (tertiary/aromatic N) is 1. The van der Waals surface area contributed by atoms with Gasteiger partial charge in [0.15, 0.2) is 0 Å². The number of anilines is 1. The molecule has 2 nitrogen and oxygen atoms in total. The summed E-state index contributed by atoms with van der Waals surface area (Å²) in [5, 5.41) is 0.914. The Morgan fingerprint density at radius 2 is 1.65 bits per heavy atom. The summed E-state index contributed by atoms with van der Waals surface area (Å²) < 4.78 is 12.9. The lowest BCUT2D eigenvalue weighted by molar-refractivity contribution is -0.117. The van der Waals surface area contributed by atoms with Crippen LogP contribution in [0.3, 0.4) is 0 Å². The van der Waals surface area contributed by atoms with Crippen molar-refractivity contribution in [1.82, 2.24) is 0 Å². The topological polar surface area (TPSA) is 20.3 Å². The Bertz CT molecular complexity index is 608. The van der Waals surface area contributed by atoms with Crippen LogP contribution in [0.2, 0.25) is 10.0 Å². The van der Waals surface area contributed by atoms with Crippen LogP contribution < -0.4 is 4.90 Å². The van der Waals surface area contributed by atoms with Crippen LogP contribution >= 0.6 is 23.2 Å². The molecule has 0 aliphatic heterocycles. The molecule has 20 heavy (non-hydrogen) atoms. The highest BCUT2D eigenvalue weighted by Gasteiger charge is 2.15. The van der Waals surface area contributed by atoms with Gasteiger partial charge >= 0.3 is 0 Å². The quantitative estimate of drug-likeness (QED) is 0.825. The fourth-order valence-corrected chi connectivity index (χ4v) is 2.31. The number of hydrogen-bond donors (Lipinski definition) is 0. The molecule has 0 unspecified atom stereocenters. The van der Waals surface area contributed by atoms with Crippen LogP contribution in [0.1, 0.15) is 5.56 Å². The first-order chi connectivity index (χ1) is 9.49. The van der Waals surface area contributed by atoms with E-state index in [0.717, 1.165) is 0 Å². The van der Waals surface area contributed by atoms with Crippen molar-refractivity contribution in [1.29, 1.82) is 0 Å². The second-order valence-electron chi connectivity index (χ2n) is 4.31. The first-order valence-electron chi connectivity index (χ1n) is 5.94. The average Bonchev–Trinajstić information content (AvgIpc) is 2.43. The van der Waals surface area contributed by atoms with Crippen LogP contribution in [0.15, 0.2) is 42.5 Å². The van der Waals surface area contributed by atoms with Gasteiger partial charge in [0.05, 0.1) is 6.42 Å². The van der Waals surface area contributed by atoms with Crippen LogP contribution in [0.4, 0.5) is 10.1 Å². The molecular weight excluding hydrogens is 300 g/mol. The third-order valence-electron chi connectivity index (χ3n) is 2.98. The third kappa shape index (κ3) is 3.30. The predicted octanol–water partition coefficient (Wildman–Crippen LogP) is 4.34. The molecule has 0 atom stereocenters. The molecule has 0 spiro atoms. The maximum absolute atomic E-state index is 12.9. The van der Waals surface area contributed by atoms with E-state index in [-0.39, 0.29) is 18.1 Å². The molecule has 2 aromatic carbocycles. The van der Waals surface area contributed by atoms with Gasteiger partial charge in [0.25, 0.3) is 0 Å². The molecule has 0 bridgehead atoms. The Labute approximate surface area is 126 Å². The Morgan fingerprint density at radius 1 is 1.10 bits per heavy atom. The molecule has 104 valence electrons. The first-order valence-corrected chi connectivity index (χ1v) is 6.69. The van der Waals surface area contributed by atoms with E-state index in [1.54, 1.807) is 37.4 Å². The molecule has 0 fully saturated rings. The zero-order valence-electron chi connectivity index (χ0n) is 10.7. The standard InChI is InChI=1S/C15H12Cl2FNO/c1-19(11-7-5-10(18)6-8-11)15(20)9-12-13(16)3-2-4-14(12)17/h2-8H,9H2,1H3. The first kappa shape index (κ1) is 14.8. The van der Waals surface area contributed by atoms with Crippen LogP contribution in [-0.4, -0.2) is 13.0 Å². The second kappa shape index (κ2) is 6.25. The fourth-order valence-electron chi connectivity index (χ4n) is 1.78. The highest BCUT2D eigenvalue weighted by atomic mass is 35.5.